The molecule has 0 amide bonds. The van der Waals surface area contributed by atoms with Crippen LogP contribution in [-0.4, -0.2) is 6.04 Å². The van der Waals surface area contributed by atoms with Gasteiger partial charge in [-0.1, -0.05) is 35.2 Å². The third-order valence-corrected chi connectivity index (χ3v) is 5.44. The molecule has 1 aromatic carbocycles. The minimum atomic E-state index is 0.526. The smallest absolute Gasteiger partial charge is 0.101 e. The van der Waals surface area contributed by atoms with Crippen LogP contribution in [0.25, 0.3) is 0 Å². The first-order chi connectivity index (χ1) is 9.23. The highest BCUT2D eigenvalue weighted by atomic mass is 79.9. The van der Waals surface area contributed by atoms with E-state index in [9.17, 15) is 5.26 Å². The van der Waals surface area contributed by atoms with Crippen LogP contribution in [-0.2, 0) is 0 Å². The summed E-state index contributed by atoms with van der Waals surface area (Å²) in [5.41, 5.74) is 2.27. The second kappa shape index (κ2) is 5.17. The van der Waals surface area contributed by atoms with Crippen LogP contribution in [0.5, 0.6) is 0 Å². The average molecular weight is 319 g/mol. The van der Waals surface area contributed by atoms with Crippen LogP contribution >= 0.6 is 15.9 Å². The van der Waals surface area contributed by atoms with Crippen molar-refractivity contribution in [1.29, 1.82) is 5.26 Å². The van der Waals surface area contributed by atoms with Crippen LogP contribution in [0.15, 0.2) is 22.7 Å². The molecule has 0 heterocycles. The Balaban J connectivity index is 1.77. The third kappa shape index (κ3) is 2.39. The number of hydrogen-bond donors (Lipinski definition) is 1. The predicted molar refractivity (Wildman–Crippen MR) is 81.0 cm³/mol. The average Bonchev–Trinajstić information content (AvgIpc) is 2.45. The first-order valence-corrected chi connectivity index (χ1v) is 7.99. The monoisotopic (exact) mass is 318 g/mol. The van der Waals surface area contributed by atoms with Crippen molar-refractivity contribution in [3.63, 3.8) is 0 Å². The van der Waals surface area contributed by atoms with Crippen LogP contribution in [0.1, 0.15) is 50.5 Å². The molecule has 0 aliphatic heterocycles. The van der Waals surface area contributed by atoms with Crippen molar-refractivity contribution in [3.05, 3.63) is 28.2 Å². The highest BCUT2D eigenvalue weighted by molar-refractivity contribution is 9.10. The van der Waals surface area contributed by atoms with Crippen LogP contribution < -0.4 is 5.32 Å². The van der Waals surface area contributed by atoms with Gasteiger partial charge in [0.25, 0.3) is 0 Å². The van der Waals surface area contributed by atoms with Gasteiger partial charge in [-0.05, 0) is 49.3 Å². The molecule has 1 spiro atoms. The molecule has 100 valence electrons. The molecule has 3 rings (SSSR count). The van der Waals surface area contributed by atoms with E-state index in [2.05, 4.69) is 27.3 Å². The van der Waals surface area contributed by atoms with E-state index in [1.54, 1.807) is 0 Å². The van der Waals surface area contributed by atoms with Crippen molar-refractivity contribution >= 4 is 21.6 Å². The van der Waals surface area contributed by atoms with E-state index in [4.69, 9.17) is 0 Å². The molecule has 19 heavy (non-hydrogen) atoms. The maximum absolute atomic E-state index is 9.24. The van der Waals surface area contributed by atoms with Crippen molar-refractivity contribution in [2.75, 3.05) is 5.32 Å². The molecule has 2 aliphatic rings. The number of benzene rings is 1. The fraction of sp³-hybridized carbons (Fsp3) is 0.562. The molecule has 0 saturated heterocycles. The van der Waals surface area contributed by atoms with Crippen LogP contribution in [0.2, 0.25) is 0 Å². The summed E-state index contributed by atoms with van der Waals surface area (Å²) in [7, 11) is 0. The van der Waals surface area contributed by atoms with Gasteiger partial charge in [0.2, 0.25) is 0 Å². The summed E-state index contributed by atoms with van der Waals surface area (Å²) in [6.07, 6.45) is 9.50. The first kappa shape index (κ1) is 13.0. The van der Waals surface area contributed by atoms with Gasteiger partial charge >= 0.3 is 0 Å². The standard InChI is InChI=1S/C16H19BrN2/c17-13-4-5-14(12(10-13)11-18)19-15-6-9-16(15)7-2-1-3-8-16/h4-5,10,15,19H,1-3,6-9H2. The molecule has 1 unspecified atom stereocenters. The molecule has 1 N–H and O–H groups in total. The van der Waals surface area contributed by atoms with Crippen LogP contribution in [0.3, 0.4) is 0 Å². The number of hydrogen-bond acceptors (Lipinski definition) is 2. The Labute approximate surface area is 123 Å². The topological polar surface area (TPSA) is 35.8 Å². The van der Waals surface area contributed by atoms with Crippen molar-refractivity contribution in [2.24, 2.45) is 5.41 Å². The Morgan fingerprint density at radius 1 is 1.21 bits per heavy atom. The fourth-order valence-corrected chi connectivity index (χ4v) is 4.06. The lowest BCUT2D eigenvalue weighted by Gasteiger charge is -2.52. The lowest BCUT2D eigenvalue weighted by molar-refractivity contribution is 0.0571. The van der Waals surface area contributed by atoms with Gasteiger partial charge in [0.15, 0.2) is 0 Å². The molecule has 2 nitrogen and oxygen atoms in total. The zero-order valence-electron chi connectivity index (χ0n) is 11.1. The van der Waals surface area contributed by atoms with Gasteiger partial charge in [-0.2, -0.15) is 5.26 Å². The molecule has 2 fully saturated rings. The molecule has 0 aromatic heterocycles. The van der Waals surface area contributed by atoms with Gasteiger partial charge in [-0.25, -0.2) is 0 Å². The summed E-state index contributed by atoms with van der Waals surface area (Å²) < 4.78 is 0.968. The van der Waals surface area contributed by atoms with E-state index in [0.717, 1.165) is 15.7 Å². The van der Waals surface area contributed by atoms with Crippen molar-refractivity contribution in [3.8, 4) is 6.07 Å². The minimum Gasteiger partial charge on any atom is -0.381 e. The van der Waals surface area contributed by atoms with E-state index in [1.807, 2.05) is 18.2 Å². The molecule has 2 saturated carbocycles. The summed E-state index contributed by atoms with van der Waals surface area (Å²) in [5.74, 6) is 0. The van der Waals surface area contributed by atoms with E-state index in [-0.39, 0.29) is 0 Å². The molecule has 3 heteroatoms. The summed E-state index contributed by atoms with van der Waals surface area (Å²) >= 11 is 3.43. The van der Waals surface area contributed by atoms with Gasteiger partial charge in [0.05, 0.1) is 11.3 Å². The SMILES string of the molecule is N#Cc1cc(Br)ccc1NC1CCC12CCCCC2. The first-order valence-electron chi connectivity index (χ1n) is 7.20. The maximum Gasteiger partial charge on any atom is 0.101 e. The summed E-state index contributed by atoms with van der Waals surface area (Å²) in [6.45, 7) is 0. The predicted octanol–water partition coefficient (Wildman–Crippen LogP) is 4.85. The van der Waals surface area contributed by atoms with Crippen molar-refractivity contribution in [2.45, 2.75) is 51.0 Å². The van der Waals surface area contributed by atoms with E-state index < -0.39 is 0 Å². The van der Waals surface area contributed by atoms with E-state index in [0.29, 0.717) is 11.5 Å². The van der Waals surface area contributed by atoms with E-state index >= 15 is 0 Å². The molecule has 1 aromatic rings. The summed E-state index contributed by atoms with van der Waals surface area (Å²) in [5, 5.41) is 12.9. The Morgan fingerprint density at radius 3 is 2.63 bits per heavy atom. The molecular weight excluding hydrogens is 300 g/mol. The highest BCUT2D eigenvalue weighted by Gasteiger charge is 2.46. The van der Waals surface area contributed by atoms with Gasteiger partial charge in [-0.15, -0.1) is 0 Å². The number of nitrogens with zero attached hydrogens (tertiary/aromatic N) is 1. The minimum absolute atomic E-state index is 0.526. The highest BCUT2D eigenvalue weighted by Crippen LogP contribution is 2.52. The van der Waals surface area contributed by atoms with Gasteiger partial charge in [0, 0.05) is 10.5 Å². The Hall–Kier alpha value is -1.01. The van der Waals surface area contributed by atoms with Crippen LogP contribution in [0, 0.1) is 16.7 Å². The normalized spacial score (nSPS) is 24.5. The summed E-state index contributed by atoms with van der Waals surface area (Å²) in [4.78, 5) is 0. The maximum atomic E-state index is 9.24. The molecule has 1 atom stereocenters. The lowest BCUT2D eigenvalue weighted by atomic mass is 9.57. The van der Waals surface area contributed by atoms with Gasteiger partial charge < -0.3 is 5.32 Å². The number of anilines is 1. The zero-order chi connectivity index (χ0) is 13.3. The Morgan fingerprint density at radius 2 is 2.00 bits per heavy atom. The van der Waals surface area contributed by atoms with E-state index in [1.165, 1.54) is 44.9 Å². The number of rotatable bonds is 2. The second-order valence-corrected chi connectivity index (χ2v) is 6.88. The third-order valence-electron chi connectivity index (χ3n) is 4.95. The number of nitrogens with one attached hydrogen (secondary N) is 1. The van der Waals surface area contributed by atoms with Crippen molar-refractivity contribution in [1.82, 2.24) is 0 Å². The molecule has 2 aliphatic carbocycles. The number of nitriles is 1. The fourth-order valence-electron chi connectivity index (χ4n) is 3.70. The Bertz CT molecular complexity index is 512. The van der Waals surface area contributed by atoms with Gasteiger partial charge in [0.1, 0.15) is 6.07 Å². The van der Waals surface area contributed by atoms with Gasteiger partial charge in [-0.3, -0.25) is 0 Å². The molecular formula is C16H19BrN2. The molecule has 0 radical (unpaired) electrons. The zero-order valence-corrected chi connectivity index (χ0v) is 12.7. The largest absolute Gasteiger partial charge is 0.381 e. The van der Waals surface area contributed by atoms with Crippen molar-refractivity contribution < 1.29 is 0 Å². The lowest BCUT2D eigenvalue weighted by Crippen LogP contribution is -2.50. The quantitative estimate of drug-likeness (QED) is 0.846. The Kier molecular flexibility index (Phi) is 3.54. The van der Waals surface area contributed by atoms with Crippen LogP contribution in [0.4, 0.5) is 5.69 Å². The molecule has 0 bridgehead atoms. The number of halogens is 1. The second-order valence-electron chi connectivity index (χ2n) is 5.96. The summed E-state index contributed by atoms with van der Waals surface area (Å²) in [6, 6.07) is 8.79.